The van der Waals surface area contributed by atoms with E-state index in [2.05, 4.69) is 98.7 Å². The van der Waals surface area contributed by atoms with Crippen molar-refractivity contribution >= 4 is 8.60 Å². The minimum atomic E-state index is -3.12. The second-order valence-corrected chi connectivity index (χ2v) is 13.9. The van der Waals surface area contributed by atoms with Crippen LogP contribution in [0.25, 0.3) is 22.3 Å². The van der Waals surface area contributed by atoms with Crippen LogP contribution in [0.1, 0.15) is 109 Å². The van der Waals surface area contributed by atoms with Crippen LogP contribution < -0.4 is 19.0 Å². The van der Waals surface area contributed by atoms with Crippen LogP contribution in [0, 0.1) is 13.8 Å². The number of rotatable bonds is 12. The lowest BCUT2D eigenvalue weighted by Crippen LogP contribution is -2.17. The van der Waals surface area contributed by atoms with Crippen LogP contribution in [0.4, 0.5) is 0 Å². The van der Waals surface area contributed by atoms with Crippen molar-refractivity contribution in [3.63, 3.8) is 0 Å². The average molecular weight is 577 g/mol. The second kappa shape index (κ2) is 14.2. The molecule has 0 unspecified atom stereocenters. The second-order valence-electron chi connectivity index (χ2n) is 13.2. The fourth-order valence-electron chi connectivity index (χ4n) is 5.65. The molecular weight excluding hydrogens is 527 g/mol. The third-order valence-corrected chi connectivity index (χ3v) is 8.06. The summed E-state index contributed by atoms with van der Waals surface area (Å²) < 4.78 is 12.2. The van der Waals surface area contributed by atoms with Gasteiger partial charge in [0.2, 0.25) is 0 Å². The first kappa shape index (κ1) is 33.1. The Labute approximate surface area is 250 Å². The summed E-state index contributed by atoms with van der Waals surface area (Å²) in [5, 5.41) is 0. The number of benzene rings is 3. The van der Waals surface area contributed by atoms with Crippen LogP contribution >= 0.6 is 8.60 Å². The molecule has 3 rings (SSSR count). The molecule has 0 atom stereocenters. The molecule has 0 spiro atoms. The lowest BCUT2D eigenvalue weighted by atomic mass is 9.75. The van der Waals surface area contributed by atoms with E-state index in [-0.39, 0.29) is 10.8 Å². The van der Waals surface area contributed by atoms with E-state index in [0.29, 0.717) is 12.4 Å². The molecule has 0 N–H and O–H groups in total. The molecule has 41 heavy (non-hydrogen) atoms. The number of hydrogen-bond donors (Lipinski definition) is 0. The van der Waals surface area contributed by atoms with Crippen molar-refractivity contribution in [2.24, 2.45) is 0 Å². The summed E-state index contributed by atoms with van der Waals surface area (Å²) in [4.78, 5) is 24.1. The molecule has 4 nitrogen and oxygen atoms in total. The van der Waals surface area contributed by atoms with Crippen molar-refractivity contribution in [2.75, 3.05) is 6.61 Å². The molecule has 0 amide bonds. The van der Waals surface area contributed by atoms with Gasteiger partial charge in [-0.25, -0.2) is 0 Å². The predicted octanol–water partition coefficient (Wildman–Crippen LogP) is 9.30. The Morgan fingerprint density at radius 3 is 1.56 bits per heavy atom. The molecular formula is C36H49O4P-2. The molecule has 224 valence electrons. The normalized spacial score (nSPS) is 12.2. The molecule has 0 aromatic heterocycles. The molecule has 0 aliphatic carbocycles. The van der Waals surface area contributed by atoms with Crippen molar-refractivity contribution in [1.82, 2.24) is 0 Å². The van der Waals surface area contributed by atoms with Gasteiger partial charge in [0.25, 0.3) is 0 Å². The topological polar surface area (TPSA) is 64.6 Å². The van der Waals surface area contributed by atoms with E-state index in [4.69, 9.17) is 9.26 Å². The maximum Gasteiger partial charge on any atom is 0.128 e. The molecule has 0 saturated heterocycles. The van der Waals surface area contributed by atoms with Gasteiger partial charge >= 0.3 is 0 Å². The van der Waals surface area contributed by atoms with Crippen LogP contribution in [-0.4, -0.2) is 6.61 Å². The molecule has 0 heterocycles. The third kappa shape index (κ3) is 8.34. The van der Waals surface area contributed by atoms with Gasteiger partial charge < -0.3 is 19.0 Å². The zero-order valence-electron chi connectivity index (χ0n) is 26.6. The van der Waals surface area contributed by atoms with Crippen molar-refractivity contribution in [3.8, 4) is 33.8 Å². The Hall–Kier alpha value is -2.39. The predicted molar refractivity (Wildman–Crippen MR) is 171 cm³/mol. The van der Waals surface area contributed by atoms with E-state index < -0.39 is 8.60 Å². The van der Waals surface area contributed by atoms with Gasteiger partial charge in [0.05, 0.1) is 6.61 Å². The van der Waals surface area contributed by atoms with Crippen LogP contribution in [0.3, 0.4) is 0 Å². The molecule has 3 aromatic carbocycles. The highest BCUT2D eigenvalue weighted by Gasteiger charge is 2.30. The highest BCUT2D eigenvalue weighted by atomic mass is 31.2. The van der Waals surface area contributed by atoms with Crippen molar-refractivity contribution < 1.29 is 19.0 Å². The van der Waals surface area contributed by atoms with E-state index in [1.807, 2.05) is 6.07 Å². The van der Waals surface area contributed by atoms with E-state index in [1.165, 1.54) is 31.2 Å². The van der Waals surface area contributed by atoms with Crippen molar-refractivity contribution in [1.29, 1.82) is 0 Å². The molecule has 0 fully saturated rings. The van der Waals surface area contributed by atoms with Crippen molar-refractivity contribution in [2.45, 2.75) is 112 Å². The van der Waals surface area contributed by atoms with Gasteiger partial charge in [0.1, 0.15) is 11.5 Å². The molecule has 0 aliphatic rings. The van der Waals surface area contributed by atoms with Gasteiger partial charge in [-0.1, -0.05) is 126 Å². The lowest BCUT2D eigenvalue weighted by molar-refractivity contribution is -0.310. The summed E-state index contributed by atoms with van der Waals surface area (Å²) in [5.41, 5.74) is 7.86. The van der Waals surface area contributed by atoms with E-state index in [0.717, 1.165) is 57.5 Å². The van der Waals surface area contributed by atoms with Crippen LogP contribution in [0.5, 0.6) is 11.5 Å². The van der Waals surface area contributed by atoms with Crippen LogP contribution in [0.15, 0.2) is 48.5 Å². The smallest absolute Gasteiger partial charge is 0.128 e. The number of unbranched alkanes of at least 4 members (excludes halogenated alkanes) is 5. The lowest BCUT2D eigenvalue weighted by Gasteiger charge is -2.34. The van der Waals surface area contributed by atoms with Gasteiger partial charge in [0.15, 0.2) is 0 Å². The van der Waals surface area contributed by atoms with Gasteiger partial charge in [-0.3, -0.25) is 0 Å². The quantitative estimate of drug-likeness (QED) is 0.159. The SMILES string of the molecule is CCCCCCCCOc1ccc(OP([O-])[O-])c(-c2c(C)cccc2C(C)(C)C)c1-c1c(C)cccc1C(C)(C)C. The minimum absolute atomic E-state index is 0.158. The molecule has 0 saturated carbocycles. The zero-order chi connectivity index (χ0) is 30.4. The summed E-state index contributed by atoms with van der Waals surface area (Å²) in [5.74, 6) is 1.08. The molecule has 5 heteroatoms. The highest BCUT2D eigenvalue weighted by Crippen LogP contribution is 2.52. The van der Waals surface area contributed by atoms with Gasteiger partial charge in [-0.15, -0.1) is 0 Å². The van der Waals surface area contributed by atoms with Gasteiger partial charge in [-0.2, -0.15) is 0 Å². The van der Waals surface area contributed by atoms with E-state index >= 15 is 0 Å². The first-order valence-corrected chi connectivity index (χ1v) is 16.2. The molecule has 0 bridgehead atoms. The Morgan fingerprint density at radius 1 is 0.610 bits per heavy atom. The van der Waals surface area contributed by atoms with Gasteiger partial charge in [-0.05, 0) is 76.6 Å². The summed E-state index contributed by atoms with van der Waals surface area (Å²) >= 11 is 0. The fourth-order valence-corrected chi connectivity index (χ4v) is 5.96. The molecule has 3 aromatic rings. The summed E-state index contributed by atoms with van der Waals surface area (Å²) in [6, 6.07) is 16.3. The highest BCUT2D eigenvalue weighted by molar-refractivity contribution is 7.36. The fraction of sp³-hybridized carbons (Fsp3) is 0.500. The Morgan fingerprint density at radius 2 is 1.07 bits per heavy atom. The maximum atomic E-state index is 12.0. The number of aryl methyl sites for hydroxylation is 2. The molecule has 0 radical (unpaired) electrons. The van der Waals surface area contributed by atoms with Crippen LogP contribution in [-0.2, 0) is 10.8 Å². The Balaban J connectivity index is 2.37. The van der Waals surface area contributed by atoms with E-state index in [9.17, 15) is 9.79 Å². The molecule has 0 aliphatic heterocycles. The third-order valence-electron chi connectivity index (χ3n) is 7.72. The zero-order valence-corrected chi connectivity index (χ0v) is 27.5. The number of ether oxygens (including phenoxy) is 1. The first-order valence-electron chi connectivity index (χ1n) is 15.1. The number of hydrogen-bond acceptors (Lipinski definition) is 4. The standard InChI is InChI=1S/C36H49O4P/c1-10-11-12-13-14-15-24-39-29-22-23-30(40-41(37)38)34(32-26(3)19-17-21-28(32)36(7,8)9)33(29)31-25(2)18-16-20-27(31)35(4,5)6/h16-23H,10-15,24H2,1-9H3/q-2. The van der Waals surface area contributed by atoms with Crippen molar-refractivity contribution in [3.05, 3.63) is 70.8 Å². The monoisotopic (exact) mass is 576 g/mol. The average Bonchev–Trinajstić information content (AvgIpc) is 2.87. The Kier molecular flexibility index (Phi) is 11.5. The maximum absolute atomic E-state index is 12.0. The summed E-state index contributed by atoms with van der Waals surface area (Å²) in [7, 11) is -3.12. The minimum Gasteiger partial charge on any atom is -0.810 e. The first-order chi connectivity index (χ1) is 19.3. The largest absolute Gasteiger partial charge is 0.810 e. The van der Waals surface area contributed by atoms with E-state index in [1.54, 1.807) is 6.07 Å². The summed E-state index contributed by atoms with van der Waals surface area (Å²) in [6.07, 6.45) is 7.07. The Bertz CT molecular complexity index is 1300. The summed E-state index contributed by atoms with van der Waals surface area (Å²) in [6.45, 7) is 20.2. The van der Waals surface area contributed by atoms with Gasteiger partial charge in [0, 0.05) is 11.1 Å². The van der Waals surface area contributed by atoms with Crippen LogP contribution in [0.2, 0.25) is 0 Å².